The summed E-state index contributed by atoms with van der Waals surface area (Å²) >= 11 is 0. The molecular formula is C19H25NO3S. The predicted molar refractivity (Wildman–Crippen MR) is 97.1 cm³/mol. The van der Waals surface area contributed by atoms with Crippen LogP contribution < -0.4 is 9.46 Å². The lowest BCUT2D eigenvalue weighted by Crippen LogP contribution is -2.26. The van der Waals surface area contributed by atoms with Crippen LogP contribution in [0.25, 0.3) is 0 Å². The van der Waals surface area contributed by atoms with Crippen LogP contribution in [0.1, 0.15) is 33.4 Å². The van der Waals surface area contributed by atoms with Crippen molar-refractivity contribution in [1.29, 1.82) is 0 Å². The number of rotatable bonds is 5. The number of sulfonamides is 1. The highest BCUT2D eigenvalue weighted by atomic mass is 32.2. The van der Waals surface area contributed by atoms with Crippen LogP contribution in [-0.2, 0) is 16.6 Å². The molecule has 0 aliphatic carbocycles. The normalized spacial score (nSPS) is 11.6. The van der Waals surface area contributed by atoms with Gasteiger partial charge >= 0.3 is 0 Å². The van der Waals surface area contributed by atoms with E-state index in [-0.39, 0.29) is 6.54 Å². The third-order valence-electron chi connectivity index (χ3n) is 4.85. The van der Waals surface area contributed by atoms with Gasteiger partial charge in [-0.05, 0) is 68.5 Å². The number of hydrogen-bond acceptors (Lipinski definition) is 3. The van der Waals surface area contributed by atoms with E-state index in [2.05, 4.69) is 4.72 Å². The minimum Gasteiger partial charge on any atom is -0.496 e. The van der Waals surface area contributed by atoms with Gasteiger partial charge in [0.15, 0.2) is 0 Å². The zero-order valence-electron chi connectivity index (χ0n) is 15.1. The molecule has 5 heteroatoms. The average molecular weight is 347 g/mol. The van der Waals surface area contributed by atoms with Crippen molar-refractivity contribution < 1.29 is 13.2 Å². The molecule has 130 valence electrons. The minimum absolute atomic E-state index is 0.192. The fraction of sp³-hybridized carbons (Fsp3) is 0.368. The Balaban J connectivity index is 2.42. The maximum atomic E-state index is 12.9. The maximum Gasteiger partial charge on any atom is 0.241 e. The van der Waals surface area contributed by atoms with Crippen molar-refractivity contribution >= 4 is 10.0 Å². The van der Waals surface area contributed by atoms with Crippen molar-refractivity contribution in [3.05, 3.63) is 57.6 Å². The lowest BCUT2D eigenvalue weighted by molar-refractivity contribution is 0.409. The molecule has 0 fully saturated rings. The van der Waals surface area contributed by atoms with Gasteiger partial charge in [0.2, 0.25) is 10.0 Å². The van der Waals surface area contributed by atoms with Crippen molar-refractivity contribution in [3.63, 3.8) is 0 Å². The van der Waals surface area contributed by atoms with Gasteiger partial charge in [-0.15, -0.1) is 0 Å². The Kier molecular flexibility index (Phi) is 5.35. The Bertz CT molecular complexity index is 841. The van der Waals surface area contributed by atoms with Crippen LogP contribution >= 0.6 is 0 Å². The van der Waals surface area contributed by atoms with Crippen LogP contribution in [0, 0.1) is 34.6 Å². The minimum atomic E-state index is -3.61. The molecule has 2 aromatic rings. The van der Waals surface area contributed by atoms with Crippen LogP contribution in [0.15, 0.2) is 29.2 Å². The van der Waals surface area contributed by atoms with E-state index in [9.17, 15) is 8.42 Å². The molecule has 0 atom stereocenters. The summed E-state index contributed by atoms with van der Waals surface area (Å²) < 4.78 is 33.8. The van der Waals surface area contributed by atoms with Gasteiger partial charge < -0.3 is 4.74 Å². The quantitative estimate of drug-likeness (QED) is 0.897. The Morgan fingerprint density at radius 1 is 0.875 bits per heavy atom. The van der Waals surface area contributed by atoms with Gasteiger partial charge in [0, 0.05) is 12.1 Å². The molecule has 24 heavy (non-hydrogen) atoms. The van der Waals surface area contributed by atoms with Gasteiger partial charge in [-0.2, -0.15) is 0 Å². The van der Waals surface area contributed by atoms with Crippen LogP contribution in [0.5, 0.6) is 5.75 Å². The van der Waals surface area contributed by atoms with E-state index in [4.69, 9.17) is 4.74 Å². The molecule has 0 saturated heterocycles. The smallest absolute Gasteiger partial charge is 0.241 e. The second kappa shape index (κ2) is 6.95. The van der Waals surface area contributed by atoms with E-state index < -0.39 is 10.0 Å². The molecule has 0 unspecified atom stereocenters. The Hall–Kier alpha value is -1.85. The summed E-state index contributed by atoms with van der Waals surface area (Å²) in [6.45, 7) is 9.89. The number of methoxy groups -OCH3 is 1. The van der Waals surface area contributed by atoms with Crippen LogP contribution in [0.4, 0.5) is 0 Å². The SMILES string of the molecule is COc1ccccc1CNS(=O)(=O)c1c(C)c(C)c(C)c(C)c1C. The standard InChI is InChI=1S/C19H25NO3S/c1-12-13(2)15(4)19(16(5)14(12)3)24(21,22)20-11-17-9-7-8-10-18(17)23-6/h7-10,20H,11H2,1-6H3. The van der Waals surface area contributed by atoms with Crippen molar-refractivity contribution in [2.24, 2.45) is 0 Å². The molecule has 2 rings (SSSR count). The van der Waals surface area contributed by atoms with E-state index in [1.54, 1.807) is 7.11 Å². The highest BCUT2D eigenvalue weighted by Crippen LogP contribution is 2.29. The van der Waals surface area contributed by atoms with E-state index in [0.29, 0.717) is 10.6 Å². The fourth-order valence-electron chi connectivity index (χ4n) is 2.96. The molecule has 0 spiro atoms. The summed E-state index contributed by atoms with van der Waals surface area (Å²) in [5.41, 5.74) is 5.62. The zero-order chi connectivity index (χ0) is 18.1. The summed E-state index contributed by atoms with van der Waals surface area (Å²) in [7, 11) is -2.03. The van der Waals surface area contributed by atoms with Crippen LogP contribution in [0.3, 0.4) is 0 Å². The molecule has 0 aliphatic rings. The highest BCUT2D eigenvalue weighted by molar-refractivity contribution is 7.89. The first-order valence-corrected chi connectivity index (χ1v) is 9.37. The molecule has 0 aliphatic heterocycles. The summed E-state index contributed by atoms with van der Waals surface area (Å²) in [6.07, 6.45) is 0. The number of benzene rings is 2. The van der Waals surface area contributed by atoms with Gasteiger partial charge in [0.1, 0.15) is 5.75 Å². The second-order valence-electron chi connectivity index (χ2n) is 6.09. The second-order valence-corrected chi connectivity index (χ2v) is 7.79. The number of hydrogen-bond donors (Lipinski definition) is 1. The Morgan fingerprint density at radius 2 is 1.38 bits per heavy atom. The first kappa shape index (κ1) is 18.5. The maximum absolute atomic E-state index is 12.9. The molecule has 0 heterocycles. The van der Waals surface area contributed by atoms with E-state index >= 15 is 0 Å². The summed E-state index contributed by atoms with van der Waals surface area (Å²) in [6, 6.07) is 7.40. The molecule has 1 N–H and O–H groups in total. The topological polar surface area (TPSA) is 55.4 Å². The summed E-state index contributed by atoms with van der Waals surface area (Å²) in [4.78, 5) is 0.387. The van der Waals surface area contributed by atoms with Crippen molar-refractivity contribution in [1.82, 2.24) is 4.72 Å². The van der Waals surface area contributed by atoms with E-state index in [1.807, 2.05) is 58.9 Å². The van der Waals surface area contributed by atoms with E-state index in [1.165, 1.54) is 0 Å². The molecule has 4 nitrogen and oxygen atoms in total. The summed E-state index contributed by atoms with van der Waals surface area (Å²) in [5, 5.41) is 0. The third kappa shape index (κ3) is 3.32. The Morgan fingerprint density at radius 3 is 1.92 bits per heavy atom. The van der Waals surface area contributed by atoms with Crippen molar-refractivity contribution in [3.8, 4) is 5.75 Å². The molecule has 0 radical (unpaired) electrons. The predicted octanol–water partition coefficient (Wildman–Crippen LogP) is 3.72. The lowest BCUT2D eigenvalue weighted by Gasteiger charge is -2.19. The molecule has 0 aromatic heterocycles. The molecular weight excluding hydrogens is 322 g/mol. The fourth-order valence-corrected chi connectivity index (χ4v) is 4.56. The van der Waals surface area contributed by atoms with Crippen LogP contribution in [-0.4, -0.2) is 15.5 Å². The van der Waals surface area contributed by atoms with Gasteiger partial charge in [0.25, 0.3) is 0 Å². The highest BCUT2D eigenvalue weighted by Gasteiger charge is 2.23. The third-order valence-corrected chi connectivity index (χ3v) is 6.52. The van der Waals surface area contributed by atoms with Gasteiger partial charge in [0.05, 0.1) is 12.0 Å². The Labute approximate surface area is 144 Å². The molecule has 0 bridgehead atoms. The first-order valence-electron chi connectivity index (χ1n) is 7.89. The van der Waals surface area contributed by atoms with Crippen LogP contribution in [0.2, 0.25) is 0 Å². The zero-order valence-corrected chi connectivity index (χ0v) is 16.0. The number of nitrogens with one attached hydrogen (secondary N) is 1. The van der Waals surface area contributed by atoms with Gasteiger partial charge in [-0.1, -0.05) is 18.2 Å². The van der Waals surface area contributed by atoms with E-state index in [0.717, 1.165) is 33.4 Å². The number of para-hydroxylation sites is 1. The van der Waals surface area contributed by atoms with Crippen molar-refractivity contribution in [2.75, 3.05) is 7.11 Å². The average Bonchev–Trinajstić information content (AvgIpc) is 2.56. The number of ether oxygens (including phenoxy) is 1. The largest absolute Gasteiger partial charge is 0.496 e. The van der Waals surface area contributed by atoms with Crippen molar-refractivity contribution in [2.45, 2.75) is 46.1 Å². The molecule has 0 amide bonds. The lowest BCUT2D eigenvalue weighted by atomic mass is 9.95. The molecule has 0 saturated carbocycles. The van der Waals surface area contributed by atoms with Gasteiger partial charge in [-0.3, -0.25) is 0 Å². The monoisotopic (exact) mass is 347 g/mol. The van der Waals surface area contributed by atoms with Gasteiger partial charge in [-0.25, -0.2) is 13.1 Å². The first-order chi connectivity index (χ1) is 11.2. The summed E-state index contributed by atoms with van der Waals surface area (Å²) in [5.74, 6) is 0.671. The molecule has 2 aromatic carbocycles.